The molecule has 6 heteroatoms. The second kappa shape index (κ2) is 5.97. The zero-order chi connectivity index (χ0) is 13.8. The van der Waals surface area contributed by atoms with Crippen molar-refractivity contribution in [3.63, 3.8) is 0 Å². The van der Waals surface area contributed by atoms with E-state index in [1.807, 2.05) is 0 Å². The Hall–Kier alpha value is -1.69. The molecule has 0 amide bonds. The van der Waals surface area contributed by atoms with E-state index in [9.17, 15) is 14.9 Å². The van der Waals surface area contributed by atoms with Crippen LogP contribution in [0.2, 0.25) is 0 Å². The van der Waals surface area contributed by atoms with Gasteiger partial charge in [0.05, 0.1) is 23.4 Å². The molecule has 0 radical (unpaired) electrons. The lowest BCUT2D eigenvalue weighted by Gasteiger charge is -2.25. The Morgan fingerprint density at radius 3 is 3.00 bits per heavy atom. The number of Topliss-reactive ketones (excluding diaryl/α,β-unsaturated/α-hetero) is 1. The van der Waals surface area contributed by atoms with Gasteiger partial charge >= 0.3 is 0 Å². The van der Waals surface area contributed by atoms with Gasteiger partial charge in [-0.3, -0.25) is 19.8 Å². The summed E-state index contributed by atoms with van der Waals surface area (Å²) in [4.78, 5) is 27.1. The molecular weight excluding hydrogens is 246 g/mol. The molecule has 0 aromatic carbocycles. The molecule has 2 rings (SSSR count). The van der Waals surface area contributed by atoms with Crippen molar-refractivity contribution in [2.45, 2.75) is 38.6 Å². The van der Waals surface area contributed by atoms with Crippen molar-refractivity contribution in [3.05, 3.63) is 28.1 Å². The molecule has 1 aromatic rings. The zero-order valence-corrected chi connectivity index (χ0v) is 11.1. The number of ketones is 1. The molecule has 1 atom stereocenters. The smallest absolute Gasteiger partial charge is 0.287 e. The predicted molar refractivity (Wildman–Crippen MR) is 71.3 cm³/mol. The van der Waals surface area contributed by atoms with Crippen molar-refractivity contribution < 1.29 is 9.72 Å². The van der Waals surface area contributed by atoms with Crippen molar-refractivity contribution >= 4 is 11.5 Å². The number of nitrogens with one attached hydrogen (secondary N) is 1. The third-order valence-corrected chi connectivity index (χ3v) is 3.72. The van der Waals surface area contributed by atoms with E-state index in [1.165, 1.54) is 25.1 Å². The fourth-order valence-corrected chi connectivity index (χ4v) is 2.49. The Morgan fingerprint density at radius 1 is 1.53 bits per heavy atom. The number of carbonyl (C=O) groups is 1. The first-order chi connectivity index (χ1) is 9.08. The van der Waals surface area contributed by atoms with Crippen LogP contribution in [0.15, 0.2) is 12.3 Å². The van der Waals surface area contributed by atoms with Gasteiger partial charge in [-0.25, -0.2) is 0 Å². The van der Waals surface area contributed by atoms with E-state index in [1.54, 1.807) is 0 Å². The predicted octanol–water partition coefficient (Wildman–Crippen LogP) is 2.37. The summed E-state index contributed by atoms with van der Waals surface area (Å²) in [5, 5.41) is 10.6. The second-order valence-corrected chi connectivity index (χ2v) is 5.12. The van der Waals surface area contributed by atoms with Gasteiger partial charge in [0.25, 0.3) is 5.69 Å². The third-order valence-electron chi connectivity index (χ3n) is 3.72. The lowest BCUT2D eigenvalue weighted by Crippen LogP contribution is -2.37. The van der Waals surface area contributed by atoms with Gasteiger partial charge in [0.15, 0.2) is 5.78 Å². The number of H-pyrrole nitrogens is 1. The molecule has 0 saturated carbocycles. The van der Waals surface area contributed by atoms with Gasteiger partial charge in [-0.2, -0.15) is 0 Å². The number of likely N-dealkylation sites (tertiary alicyclic amines) is 1. The van der Waals surface area contributed by atoms with Gasteiger partial charge in [-0.15, -0.1) is 0 Å². The molecule has 104 valence electrons. The fraction of sp³-hybridized carbons (Fsp3) is 0.615. The molecule has 19 heavy (non-hydrogen) atoms. The maximum atomic E-state index is 12.1. The maximum absolute atomic E-state index is 12.1. The topological polar surface area (TPSA) is 79.2 Å². The van der Waals surface area contributed by atoms with Crippen LogP contribution >= 0.6 is 0 Å². The van der Waals surface area contributed by atoms with Gasteiger partial charge in [-0.1, -0.05) is 12.8 Å². The fourth-order valence-electron chi connectivity index (χ4n) is 2.49. The van der Waals surface area contributed by atoms with E-state index in [-0.39, 0.29) is 11.5 Å². The quantitative estimate of drug-likeness (QED) is 0.515. The number of rotatable bonds is 4. The highest BCUT2D eigenvalue weighted by molar-refractivity contribution is 5.96. The Morgan fingerprint density at radius 2 is 2.32 bits per heavy atom. The molecule has 1 aromatic heterocycles. The van der Waals surface area contributed by atoms with Crippen LogP contribution in [0.3, 0.4) is 0 Å². The lowest BCUT2D eigenvalue weighted by molar-refractivity contribution is -0.384. The summed E-state index contributed by atoms with van der Waals surface area (Å²) in [6.45, 7) is 3.39. The first-order valence-corrected chi connectivity index (χ1v) is 6.68. The maximum Gasteiger partial charge on any atom is 0.287 e. The first kappa shape index (κ1) is 13.7. The summed E-state index contributed by atoms with van der Waals surface area (Å²) in [5.74, 6) is -0.0816. The Labute approximate surface area is 111 Å². The van der Waals surface area contributed by atoms with Crippen molar-refractivity contribution in [2.24, 2.45) is 0 Å². The number of carbonyl (C=O) groups excluding carboxylic acids is 1. The van der Waals surface area contributed by atoms with E-state index in [0.29, 0.717) is 18.3 Å². The van der Waals surface area contributed by atoms with Crippen LogP contribution in [0, 0.1) is 10.1 Å². The molecular formula is C13H19N3O3. The average molecular weight is 265 g/mol. The lowest BCUT2D eigenvalue weighted by atomic mass is 10.1. The van der Waals surface area contributed by atoms with Crippen molar-refractivity contribution in [1.82, 2.24) is 9.88 Å². The summed E-state index contributed by atoms with van der Waals surface area (Å²) in [6, 6.07) is 1.71. The number of nitro groups is 1. The Bertz CT molecular complexity index is 469. The largest absolute Gasteiger partial charge is 0.353 e. The molecule has 0 bridgehead atoms. The van der Waals surface area contributed by atoms with Crippen LogP contribution in [0.1, 0.15) is 43.1 Å². The Balaban J connectivity index is 2.00. The van der Waals surface area contributed by atoms with Crippen molar-refractivity contribution in [2.75, 3.05) is 13.1 Å². The molecule has 0 spiro atoms. The molecule has 6 nitrogen and oxygen atoms in total. The second-order valence-electron chi connectivity index (χ2n) is 5.12. The first-order valence-electron chi connectivity index (χ1n) is 6.68. The highest BCUT2D eigenvalue weighted by Gasteiger charge is 2.21. The summed E-state index contributed by atoms with van der Waals surface area (Å²) in [7, 11) is 0. The number of aromatic nitrogens is 1. The summed E-state index contributed by atoms with van der Waals surface area (Å²) >= 11 is 0. The van der Waals surface area contributed by atoms with Crippen molar-refractivity contribution in [1.29, 1.82) is 0 Å². The van der Waals surface area contributed by atoms with E-state index in [4.69, 9.17) is 0 Å². The average Bonchev–Trinajstić information content (AvgIpc) is 2.78. The van der Waals surface area contributed by atoms with E-state index < -0.39 is 4.92 Å². The SMILES string of the molecule is CC1CCCCCN1CC(=O)c1cc([N+](=O)[O-])c[nH]1. The van der Waals surface area contributed by atoms with E-state index in [0.717, 1.165) is 19.4 Å². The normalized spacial score (nSPS) is 21.0. The zero-order valence-electron chi connectivity index (χ0n) is 11.1. The van der Waals surface area contributed by atoms with E-state index >= 15 is 0 Å². The third kappa shape index (κ3) is 3.41. The van der Waals surface area contributed by atoms with Gasteiger partial charge in [-0.05, 0) is 26.3 Å². The van der Waals surface area contributed by atoms with Gasteiger partial charge in [0, 0.05) is 12.1 Å². The van der Waals surface area contributed by atoms with Gasteiger partial charge in [0.2, 0.25) is 0 Å². The molecule has 1 aliphatic rings. The summed E-state index contributed by atoms with van der Waals surface area (Å²) in [5.41, 5.74) is 0.260. The number of hydrogen-bond donors (Lipinski definition) is 1. The van der Waals surface area contributed by atoms with Crippen LogP contribution in [-0.4, -0.2) is 39.7 Å². The monoisotopic (exact) mass is 265 g/mol. The summed E-state index contributed by atoms with van der Waals surface area (Å²) in [6.07, 6.45) is 5.91. The molecule has 1 fully saturated rings. The minimum Gasteiger partial charge on any atom is -0.353 e. The molecule has 2 heterocycles. The van der Waals surface area contributed by atoms with Crippen LogP contribution < -0.4 is 0 Å². The number of aromatic amines is 1. The van der Waals surface area contributed by atoms with Gasteiger partial charge < -0.3 is 4.98 Å². The van der Waals surface area contributed by atoms with Gasteiger partial charge in [0.1, 0.15) is 0 Å². The number of nitrogens with zero attached hydrogens (tertiary/aromatic N) is 2. The standard InChI is InChI=1S/C13H19N3O3/c1-10-5-3-2-4-6-15(10)9-13(17)12-7-11(8-14-12)16(18)19/h7-8,10,14H,2-6,9H2,1H3. The highest BCUT2D eigenvalue weighted by atomic mass is 16.6. The highest BCUT2D eigenvalue weighted by Crippen LogP contribution is 2.18. The summed E-state index contributed by atoms with van der Waals surface area (Å²) < 4.78 is 0. The minimum absolute atomic E-state index is 0.0627. The van der Waals surface area contributed by atoms with E-state index in [2.05, 4.69) is 16.8 Å². The minimum atomic E-state index is -0.498. The van der Waals surface area contributed by atoms with Crippen LogP contribution in [0.25, 0.3) is 0 Å². The molecule has 1 aliphatic heterocycles. The van der Waals surface area contributed by atoms with Crippen molar-refractivity contribution in [3.8, 4) is 0 Å². The molecule has 1 N–H and O–H groups in total. The van der Waals surface area contributed by atoms with Crippen LogP contribution in [0.4, 0.5) is 5.69 Å². The molecule has 1 saturated heterocycles. The molecule has 1 unspecified atom stereocenters. The number of hydrogen-bond acceptors (Lipinski definition) is 4. The molecule has 0 aliphatic carbocycles. The van der Waals surface area contributed by atoms with Crippen LogP contribution in [0.5, 0.6) is 0 Å². The Kier molecular flexibility index (Phi) is 4.31. The van der Waals surface area contributed by atoms with Crippen LogP contribution in [-0.2, 0) is 0 Å².